The quantitative estimate of drug-likeness (QED) is 0.818. The highest BCUT2D eigenvalue weighted by atomic mass is 35.5. The minimum atomic E-state index is 0.470. The Labute approximate surface area is 89.4 Å². The first-order chi connectivity index (χ1) is 6.72. The summed E-state index contributed by atoms with van der Waals surface area (Å²) in [5.74, 6) is 1.31. The van der Waals surface area contributed by atoms with Crippen LogP contribution in [0.25, 0.3) is 0 Å². The smallest absolute Gasteiger partial charge is 0.125 e. The van der Waals surface area contributed by atoms with Crippen molar-refractivity contribution in [3.63, 3.8) is 0 Å². The lowest BCUT2D eigenvalue weighted by Gasteiger charge is -2.11. The Morgan fingerprint density at radius 2 is 2.36 bits per heavy atom. The molecule has 0 saturated heterocycles. The average molecular weight is 215 g/mol. The Kier molecular flexibility index (Phi) is 4.70. The first kappa shape index (κ1) is 11.3. The summed E-state index contributed by atoms with van der Waals surface area (Å²) in [6.45, 7) is 3.72. The predicted molar refractivity (Wildman–Crippen MR) is 58.8 cm³/mol. The summed E-state index contributed by atoms with van der Waals surface area (Å²) in [7, 11) is 1.71. The summed E-state index contributed by atoms with van der Waals surface area (Å²) in [5, 5.41) is 3.86. The number of rotatable bonds is 5. The van der Waals surface area contributed by atoms with E-state index in [-0.39, 0.29) is 0 Å². The maximum atomic E-state index is 5.71. The molecule has 1 heterocycles. The van der Waals surface area contributed by atoms with Crippen LogP contribution < -0.4 is 5.32 Å². The average Bonchev–Trinajstić information content (AvgIpc) is 2.17. The van der Waals surface area contributed by atoms with Gasteiger partial charge in [-0.05, 0) is 18.1 Å². The standard InChI is InChI=1S/C10H15ClN2O/c1-8(7-14-2)5-12-10-4-3-9(11)6-13-10/h3-4,6,8H,5,7H2,1-2H3,(H,12,13). The Morgan fingerprint density at radius 1 is 1.57 bits per heavy atom. The maximum Gasteiger partial charge on any atom is 0.125 e. The number of nitrogens with zero attached hydrogens (tertiary/aromatic N) is 1. The summed E-state index contributed by atoms with van der Waals surface area (Å²) < 4.78 is 5.03. The van der Waals surface area contributed by atoms with Crippen molar-refractivity contribution >= 4 is 17.4 Å². The largest absolute Gasteiger partial charge is 0.384 e. The van der Waals surface area contributed by atoms with Crippen LogP contribution in [-0.4, -0.2) is 25.2 Å². The van der Waals surface area contributed by atoms with Gasteiger partial charge in [0.15, 0.2) is 0 Å². The number of ether oxygens (including phenoxy) is 1. The normalized spacial score (nSPS) is 12.5. The van der Waals surface area contributed by atoms with Crippen LogP contribution in [0.3, 0.4) is 0 Å². The zero-order valence-electron chi connectivity index (χ0n) is 8.46. The first-order valence-corrected chi connectivity index (χ1v) is 4.94. The molecule has 3 nitrogen and oxygen atoms in total. The van der Waals surface area contributed by atoms with Gasteiger partial charge in [-0.3, -0.25) is 0 Å². The van der Waals surface area contributed by atoms with E-state index in [2.05, 4.69) is 17.2 Å². The fraction of sp³-hybridized carbons (Fsp3) is 0.500. The third-order valence-corrected chi connectivity index (χ3v) is 2.03. The molecule has 1 rings (SSSR count). The zero-order valence-corrected chi connectivity index (χ0v) is 9.21. The van der Waals surface area contributed by atoms with Gasteiger partial charge in [0, 0.05) is 19.9 Å². The number of pyridine rings is 1. The summed E-state index contributed by atoms with van der Waals surface area (Å²) in [6.07, 6.45) is 1.63. The Balaban J connectivity index is 2.34. The molecular formula is C10H15ClN2O. The van der Waals surface area contributed by atoms with Gasteiger partial charge in [0.05, 0.1) is 11.6 Å². The molecule has 0 aromatic carbocycles. The lowest BCUT2D eigenvalue weighted by atomic mass is 10.2. The molecule has 0 aliphatic carbocycles. The second-order valence-electron chi connectivity index (χ2n) is 3.30. The molecule has 0 spiro atoms. The maximum absolute atomic E-state index is 5.71. The molecule has 1 unspecified atom stereocenters. The Bertz CT molecular complexity index is 263. The number of anilines is 1. The topological polar surface area (TPSA) is 34.1 Å². The molecule has 0 fully saturated rings. The van der Waals surface area contributed by atoms with Crippen LogP contribution in [0.2, 0.25) is 5.02 Å². The summed E-state index contributed by atoms with van der Waals surface area (Å²) >= 11 is 5.71. The Hall–Kier alpha value is -0.800. The van der Waals surface area contributed by atoms with E-state index in [0.717, 1.165) is 19.0 Å². The number of hydrogen-bond donors (Lipinski definition) is 1. The van der Waals surface area contributed by atoms with E-state index >= 15 is 0 Å². The van der Waals surface area contributed by atoms with Crippen LogP contribution in [0, 0.1) is 5.92 Å². The second kappa shape index (κ2) is 5.83. The van der Waals surface area contributed by atoms with Crippen LogP contribution in [0.5, 0.6) is 0 Å². The molecule has 1 atom stereocenters. The second-order valence-corrected chi connectivity index (χ2v) is 3.74. The lowest BCUT2D eigenvalue weighted by Crippen LogP contribution is -2.16. The molecule has 0 aliphatic rings. The molecule has 14 heavy (non-hydrogen) atoms. The van der Waals surface area contributed by atoms with Gasteiger partial charge in [-0.2, -0.15) is 0 Å². The fourth-order valence-corrected chi connectivity index (χ4v) is 1.21. The van der Waals surface area contributed by atoms with Gasteiger partial charge in [0.2, 0.25) is 0 Å². The fourth-order valence-electron chi connectivity index (χ4n) is 1.10. The molecule has 1 aromatic heterocycles. The van der Waals surface area contributed by atoms with E-state index in [1.165, 1.54) is 0 Å². The molecule has 0 radical (unpaired) electrons. The van der Waals surface area contributed by atoms with Crippen LogP contribution in [0.1, 0.15) is 6.92 Å². The molecule has 4 heteroatoms. The monoisotopic (exact) mass is 214 g/mol. The predicted octanol–water partition coefficient (Wildman–Crippen LogP) is 2.43. The van der Waals surface area contributed by atoms with Crippen LogP contribution in [-0.2, 0) is 4.74 Å². The Morgan fingerprint density at radius 3 is 2.93 bits per heavy atom. The molecule has 1 N–H and O–H groups in total. The van der Waals surface area contributed by atoms with E-state index in [4.69, 9.17) is 16.3 Å². The molecule has 0 saturated carbocycles. The van der Waals surface area contributed by atoms with Crippen molar-refractivity contribution in [1.82, 2.24) is 4.98 Å². The van der Waals surface area contributed by atoms with Crippen molar-refractivity contribution < 1.29 is 4.74 Å². The number of methoxy groups -OCH3 is 1. The van der Waals surface area contributed by atoms with Gasteiger partial charge in [0.25, 0.3) is 0 Å². The van der Waals surface area contributed by atoms with E-state index in [9.17, 15) is 0 Å². The number of nitrogens with one attached hydrogen (secondary N) is 1. The van der Waals surface area contributed by atoms with Crippen molar-refractivity contribution in [1.29, 1.82) is 0 Å². The number of halogens is 1. The minimum absolute atomic E-state index is 0.470. The van der Waals surface area contributed by atoms with Crippen LogP contribution in [0.15, 0.2) is 18.3 Å². The highest BCUT2D eigenvalue weighted by Gasteiger charge is 2.01. The van der Waals surface area contributed by atoms with Gasteiger partial charge in [-0.15, -0.1) is 0 Å². The van der Waals surface area contributed by atoms with Gasteiger partial charge in [-0.1, -0.05) is 18.5 Å². The van der Waals surface area contributed by atoms with Crippen LogP contribution in [0.4, 0.5) is 5.82 Å². The summed E-state index contributed by atoms with van der Waals surface area (Å²) in [6, 6.07) is 3.68. The first-order valence-electron chi connectivity index (χ1n) is 4.56. The van der Waals surface area contributed by atoms with E-state index in [1.54, 1.807) is 13.3 Å². The van der Waals surface area contributed by atoms with Crippen LogP contribution >= 0.6 is 11.6 Å². The van der Waals surface area contributed by atoms with E-state index < -0.39 is 0 Å². The minimum Gasteiger partial charge on any atom is -0.384 e. The molecule has 0 amide bonds. The summed E-state index contributed by atoms with van der Waals surface area (Å²) in [5.41, 5.74) is 0. The van der Waals surface area contributed by atoms with Crippen molar-refractivity contribution in [3.05, 3.63) is 23.4 Å². The van der Waals surface area contributed by atoms with Crippen molar-refractivity contribution in [3.8, 4) is 0 Å². The number of aromatic nitrogens is 1. The van der Waals surface area contributed by atoms with Gasteiger partial charge >= 0.3 is 0 Å². The van der Waals surface area contributed by atoms with Crippen molar-refractivity contribution in [2.45, 2.75) is 6.92 Å². The van der Waals surface area contributed by atoms with Crippen molar-refractivity contribution in [2.75, 3.05) is 25.6 Å². The van der Waals surface area contributed by atoms with E-state index in [1.807, 2.05) is 12.1 Å². The third-order valence-electron chi connectivity index (χ3n) is 1.81. The zero-order chi connectivity index (χ0) is 10.4. The molecular weight excluding hydrogens is 200 g/mol. The molecule has 0 bridgehead atoms. The van der Waals surface area contributed by atoms with Gasteiger partial charge in [-0.25, -0.2) is 4.98 Å². The molecule has 78 valence electrons. The molecule has 1 aromatic rings. The van der Waals surface area contributed by atoms with Crippen molar-refractivity contribution in [2.24, 2.45) is 5.92 Å². The lowest BCUT2D eigenvalue weighted by molar-refractivity contribution is 0.164. The SMILES string of the molecule is COCC(C)CNc1ccc(Cl)cn1. The van der Waals surface area contributed by atoms with Gasteiger partial charge in [0.1, 0.15) is 5.82 Å². The highest BCUT2D eigenvalue weighted by molar-refractivity contribution is 6.30. The van der Waals surface area contributed by atoms with E-state index in [0.29, 0.717) is 10.9 Å². The van der Waals surface area contributed by atoms with Gasteiger partial charge < -0.3 is 10.1 Å². The number of hydrogen-bond acceptors (Lipinski definition) is 3. The summed E-state index contributed by atoms with van der Waals surface area (Å²) in [4.78, 5) is 4.13. The molecule has 0 aliphatic heterocycles. The highest BCUT2D eigenvalue weighted by Crippen LogP contribution is 2.09. The third kappa shape index (κ3) is 3.94.